The molecule has 0 aromatic heterocycles. The van der Waals surface area contributed by atoms with E-state index in [9.17, 15) is 9.59 Å². The van der Waals surface area contributed by atoms with Crippen molar-refractivity contribution < 1.29 is 23.8 Å². The molecular formula is C18H25NO5. The fourth-order valence-corrected chi connectivity index (χ4v) is 1.79. The van der Waals surface area contributed by atoms with Crippen LogP contribution in [0, 0.1) is 0 Å². The van der Waals surface area contributed by atoms with Crippen LogP contribution in [0.25, 0.3) is 0 Å². The summed E-state index contributed by atoms with van der Waals surface area (Å²) < 4.78 is 15.3. The zero-order chi connectivity index (χ0) is 17.9. The van der Waals surface area contributed by atoms with Gasteiger partial charge in [-0.15, -0.1) is 0 Å². The zero-order valence-electron chi connectivity index (χ0n) is 14.2. The lowest BCUT2D eigenvalue weighted by atomic mass is 10.1. The van der Waals surface area contributed by atoms with Gasteiger partial charge in [0.05, 0.1) is 6.61 Å². The highest BCUT2D eigenvalue weighted by molar-refractivity contribution is 5.86. The summed E-state index contributed by atoms with van der Waals surface area (Å²) >= 11 is 0. The number of esters is 2. The van der Waals surface area contributed by atoms with Crippen molar-refractivity contribution in [1.29, 1.82) is 0 Å². The first kappa shape index (κ1) is 19.7. The van der Waals surface area contributed by atoms with Gasteiger partial charge < -0.3 is 19.9 Å². The first-order valence-corrected chi connectivity index (χ1v) is 7.90. The van der Waals surface area contributed by atoms with E-state index in [1.54, 1.807) is 6.92 Å². The van der Waals surface area contributed by atoms with Crippen LogP contribution in [-0.4, -0.2) is 37.8 Å². The van der Waals surface area contributed by atoms with Gasteiger partial charge in [0.1, 0.15) is 25.0 Å². The van der Waals surface area contributed by atoms with Crippen molar-refractivity contribution >= 4 is 11.9 Å². The maximum absolute atomic E-state index is 11.8. The van der Waals surface area contributed by atoms with E-state index in [2.05, 4.69) is 6.58 Å². The quantitative estimate of drug-likeness (QED) is 0.400. The van der Waals surface area contributed by atoms with Crippen molar-refractivity contribution in [3.63, 3.8) is 0 Å². The van der Waals surface area contributed by atoms with Gasteiger partial charge in [0.25, 0.3) is 0 Å². The third-order valence-corrected chi connectivity index (χ3v) is 3.06. The summed E-state index contributed by atoms with van der Waals surface area (Å²) in [7, 11) is 0. The molecule has 0 radical (unpaired) electrons. The molecule has 0 saturated carbocycles. The molecule has 2 N–H and O–H groups in total. The van der Waals surface area contributed by atoms with Crippen LogP contribution in [0.15, 0.2) is 36.4 Å². The summed E-state index contributed by atoms with van der Waals surface area (Å²) in [6.45, 7) is 7.66. The van der Waals surface area contributed by atoms with Crippen molar-refractivity contribution in [2.45, 2.75) is 32.7 Å². The smallest absolute Gasteiger partial charge is 0.333 e. The van der Waals surface area contributed by atoms with Crippen LogP contribution in [0.4, 0.5) is 0 Å². The Balaban J connectivity index is 2.33. The molecule has 0 unspecified atom stereocenters. The predicted octanol–water partition coefficient (Wildman–Crippen LogP) is 2.01. The summed E-state index contributed by atoms with van der Waals surface area (Å²) in [6, 6.07) is 6.66. The molecule has 6 heteroatoms. The summed E-state index contributed by atoms with van der Waals surface area (Å²) in [4.78, 5) is 23.0. The highest BCUT2D eigenvalue weighted by atomic mass is 16.6. The average Bonchev–Trinajstić information content (AvgIpc) is 2.57. The topological polar surface area (TPSA) is 87.9 Å². The number of nitrogens with two attached hydrogens (primary N) is 1. The number of hydrogen-bond acceptors (Lipinski definition) is 6. The maximum atomic E-state index is 11.8. The zero-order valence-corrected chi connectivity index (χ0v) is 14.2. The third kappa shape index (κ3) is 7.28. The van der Waals surface area contributed by atoms with Crippen molar-refractivity contribution in [2.24, 2.45) is 5.73 Å². The average molecular weight is 335 g/mol. The molecule has 0 heterocycles. The number of benzene rings is 1. The molecule has 132 valence electrons. The minimum absolute atomic E-state index is 0.0202. The van der Waals surface area contributed by atoms with Gasteiger partial charge in [-0.25, -0.2) is 4.79 Å². The highest BCUT2D eigenvalue weighted by Gasteiger charge is 2.16. The molecule has 24 heavy (non-hydrogen) atoms. The number of carbonyl (C=O) groups is 2. The van der Waals surface area contributed by atoms with Gasteiger partial charge in [-0.1, -0.05) is 25.6 Å². The lowest BCUT2D eigenvalue weighted by Crippen LogP contribution is -2.35. The monoisotopic (exact) mass is 335 g/mol. The van der Waals surface area contributed by atoms with Gasteiger partial charge in [0.15, 0.2) is 0 Å². The Bertz CT molecular complexity index is 553. The fourth-order valence-electron chi connectivity index (χ4n) is 1.79. The van der Waals surface area contributed by atoms with Crippen LogP contribution < -0.4 is 10.5 Å². The molecule has 0 bridgehead atoms. The number of rotatable bonds is 10. The van der Waals surface area contributed by atoms with Crippen LogP contribution in [0.2, 0.25) is 0 Å². The van der Waals surface area contributed by atoms with Gasteiger partial charge in [-0.3, -0.25) is 4.79 Å². The second-order valence-electron chi connectivity index (χ2n) is 5.39. The lowest BCUT2D eigenvalue weighted by Gasteiger charge is -2.12. The molecule has 0 spiro atoms. The predicted molar refractivity (Wildman–Crippen MR) is 90.6 cm³/mol. The molecular weight excluding hydrogens is 310 g/mol. The van der Waals surface area contributed by atoms with Gasteiger partial charge in [0, 0.05) is 5.57 Å². The second-order valence-corrected chi connectivity index (χ2v) is 5.39. The molecule has 1 aromatic carbocycles. The molecule has 0 saturated heterocycles. The SMILES string of the molecule is C=C(C)C(=O)OCCOC(=O)[C@@H](N)Cc1ccc(OCCC)cc1. The fraction of sp³-hybridized carbons (Fsp3) is 0.444. The van der Waals surface area contributed by atoms with E-state index in [4.69, 9.17) is 19.9 Å². The van der Waals surface area contributed by atoms with Gasteiger partial charge >= 0.3 is 11.9 Å². The number of ether oxygens (including phenoxy) is 3. The van der Waals surface area contributed by atoms with Crippen LogP contribution in [0.1, 0.15) is 25.8 Å². The Hall–Kier alpha value is -2.34. The van der Waals surface area contributed by atoms with Crippen LogP contribution >= 0.6 is 0 Å². The Morgan fingerprint density at radius 3 is 2.33 bits per heavy atom. The first-order chi connectivity index (χ1) is 11.4. The molecule has 1 rings (SSSR count). The van der Waals surface area contributed by atoms with E-state index < -0.39 is 18.0 Å². The van der Waals surface area contributed by atoms with Gasteiger partial charge in [-0.2, -0.15) is 0 Å². The Morgan fingerprint density at radius 2 is 1.75 bits per heavy atom. The summed E-state index contributed by atoms with van der Waals surface area (Å²) in [5.74, 6) is -0.260. The molecule has 0 aliphatic rings. The lowest BCUT2D eigenvalue weighted by molar-refractivity contribution is -0.151. The van der Waals surface area contributed by atoms with Crippen molar-refractivity contribution in [2.75, 3.05) is 19.8 Å². The normalized spacial score (nSPS) is 11.5. The second kappa shape index (κ2) is 10.4. The molecule has 6 nitrogen and oxygen atoms in total. The maximum Gasteiger partial charge on any atom is 0.333 e. The molecule has 0 fully saturated rings. The molecule has 1 aromatic rings. The van der Waals surface area contributed by atoms with Gasteiger partial charge in [-0.05, 0) is 37.5 Å². The largest absolute Gasteiger partial charge is 0.494 e. The Morgan fingerprint density at radius 1 is 1.12 bits per heavy atom. The molecule has 0 aliphatic carbocycles. The summed E-state index contributed by atoms with van der Waals surface area (Å²) in [5, 5.41) is 0. The van der Waals surface area contributed by atoms with E-state index in [-0.39, 0.29) is 13.2 Å². The Labute approximate surface area is 142 Å². The van der Waals surface area contributed by atoms with Gasteiger partial charge in [0.2, 0.25) is 0 Å². The van der Waals surface area contributed by atoms with E-state index in [0.717, 1.165) is 17.7 Å². The van der Waals surface area contributed by atoms with E-state index in [1.165, 1.54) is 0 Å². The molecule has 0 amide bonds. The van der Waals surface area contributed by atoms with Crippen LogP contribution in [-0.2, 0) is 25.5 Å². The minimum Gasteiger partial charge on any atom is -0.494 e. The van der Waals surface area contributed by atoms with E-state index in [1.807, 2.05) is 31.2 Å². The summed E-state index contributed by atoms with van der Waals surface area (Å²) in [5.41, 5.74) is 7.04. The van der Waals surface area contributed by atoms with E-state index in [0.29, 0.717) is 18.6 Å². The third-order valence-electron chi connectivity index (χ3n) is 3.06. The van der Waals surface area contributed by atoms with Crippen molar-refractivity contribution in [3.05, 3.63) is 42.0 Å². The minimum atomic E-state index is -0.774. The first-order valence-electron chi connectivity index (χ1n) is 7.90. The van der Waals surface area contributed by atoms with Crippen molar-refractivity contribution in [3.8, 4) is 5.75 Å². The standard InChI is InChI=1S/C18H25NO5/c1-4-9-22-15-7-5-14(6-8-15)12-16(19)18(21)24-11-10-23-17(20)13(2)3/h5-8,16H,2,4,9-12,19H2,1,3H3/t16-/m0/s1. The van der Waals surface area contributed by atoms with Crippen LogP contribution in [0.5, 0.6) is 5.75 Å². The number of carbonyl (C=O) groups excluding carboxylic acids is 2. The molecule has 0 aliphatic heterocycles. The summed E-state index contributed by atoms with van der Waals surface area (Å²) in [6.07, 6.45) is 1.30. The van der Waals surface area contributed by atoms with Crippen LogP contribution in [0.3, 0.4) is 0 Å². The number of hydrogen-bond donors (Lipinski definition) is 1. The molecule has 1 atom stereocenters. The van der Waals surface area contributed by atoms with Crippen molar-refractivity contribution in [1.82, 2.24) is 0 Å². The Kier molecular flexibility index (Phi) is 8.57. The van der Waals surface area contributed by atoms with E-state index >= 15 is 0 Å². The highest BCUT2D eigenvalue weighted by Crippen LogP contribution is 2.13.